The van der Waals surface area contributed by atoms with E-state index >= 15 is 0 Å². The van der Waals surface area contributed by atoms with E-state index in [0.29, 0.717) is 6.29 Å². The number of hydrogen-bond acceptors (Lipinski definition) is 2. The van der Waals surface area contributed by atoms with Gasteiger partial charge in [-0.15, -0.1) is 0 Å². The van der Waals surface area contributed by atoms with Gasteiger partial charge in [-0.2, -0.15) is 0 Å². The maximum absolute atomic E-state index is 9.38. The number of rotatable bonds is 1. The molecule has 0 bridgehead atoms. The standard InChI is InChI=1S/C7H8.C3H7NO/c1-7-5-3-2-4-6-7;1-3(4)2-5/h2-6H,1H3;2-3H,4H2,1H3/t;3-/m.1/s1. The molecule has 0 aromatic heterocycles. The van der Waals surface area contributed by atoms with Crippen molar-refractivity contribution in [3.63, 3.8) is 0 Å². The van der Waals surface area contributed by atoms with Gasteiger partial charge in [0, 0.05) is 0 Å². The van der Waals surface area contributed by atoms with Crippen molar-refractivity contribution in [2.45, 2.75) is 19.9 Å². The smallest absolute Gasteiger partial charge is 0.136 e. The predicted molar refractivity (Wildman–Crippen MR) is 50.9 cm³/mol. The van der Waals surface area contributed by atoms with Crippen LogP contribution in [0.1, 0.15) is 12.5 Å². The SMILES string of the molecule is C[C@@H](N)C=O.Cc1ccccc1. The summed E-state index contributed by atoms with van der Waals surface area (Å²) in [5.41, 5.74) is 6.25. The third-order valence-corrected chi connectivity index (χ3v) is 1.16. The van der Waals surface area contributed by atoms with Crippen molar-refractivity contribution in [1.82, 2.24) is 0 Å². The molecule has 1 atom stereocenters. The fraction of sp³-hybridized carbons (Fsp3) is 0.300. The summed E-state index contributed by atoms with van der Waals surface area (Å²) in [6, 6.07) is 9.97. The van der Waals surface area contributed by atoms with Crippen LogP contribution >= 0.6 is 0 Å². The molecule has 0 aliphatic rings. The van der Waals surface area contributed by atoms with Crippen LogP contribution in [0, 0.1) is 6.92 Å². The van der Waals surface area contributed by atoms with Crippen LogP contribution in [0.3, 0.4) is 0 Å². The lowest BCUT2D eigenvalue weighted by atomic mass is 10.2. The summed E-state index contributed by atoms with van der Waals surface area (Å²) in [5.74, 6) is 0. The highest BCUT2D eigenvalue weighted by atomic mass is 16.1. The first-order valence-electron chi connectivity index (χ1n) is 3.89. The molecule has 0 fully saturated rings. The van der Waals surface area contributed by atoms with Crippen LogP contribution in [0.4, 0.5) is 0 Å². The molecule has 2 N–H and O–H groups in total. The fourth-order valence-electron chi connectivity index (χ4n) is 0.534. The molecule has 0 spiro atoms. The van der Waals surface area contributed by atoms with Gasteiger partial charge in [0.2, 0.25) is 0 Å². The molecule has 1 rings (SSSR count). The maximum Gasteiger partial charge on any atom is 0.136 e. The Balaban J connectivity index is 0.000000217. The second kappa shape index (κ2) is 6.55. The molecule has 0 aliphatic carbocycles. The molecule has 2 heteroatoms. The van der Waals surface area contributed by atoms with Crippen LogP contribution in [0.15, 0.2) is 30.3 Å². The van der Waals surface area contributed by atoms with Gasteiger partial charge < -0.3 is 10.5 Å². The molecular weight excluding hydrogens is 150 g/mol. The number of hydrogen-bond donors (Lipinski definition) is 1. The van der Waals surface area contributed by atoms with Crippen molar-refractivity contribution in [3.05, 3.63) is 35.9 Å². The summed E-state index contributed by atoms with van der Waals surface area (Å²) in [4.78, 5) is 9.38. The van der Waals surface area contributed by atoms with Gasteiger partial charge in [0.1, 0.15) is 6.29 Å². The minimum atomic E-state index is -0.296. The van der Waals surface area contributed by atoms with E-state index in [1.54, 1.807) is 6.92 Å². The van der Waals surface area contributed by atoms with E-state index in [0.717, 1.165) is 0 Å². The molecule has 0 radical (unpaired) electrons. The fourth-order valence-corrected chi connectivity index (χ4v) is 0.534. The lowest BCUT2D eigenvalue weighted by Gasteiger charge is -1.82. The van der Waals surface area contributed by atoms with E-state index in [-0.39, 0.29) is 6.04 Å². The summed E-state index contributed by atoms with van der Waals surface area (Å²) < 4.78 is 0. The second-order valence-corrected chi connectivity index (χ2v) is 2.65. The van der Waals surface area contributed by atoms with Crippen molar-refractivity contribution in [1.29, 1.82) is 0 Å². The summed E-state index contributed by atoms with van der Waals surface area (Å²) in [6.07, 6.45) is 0.694. The highest BCUT2D eigenvalue weighted by Crippen LogP contribution is 1.92. The first kappa shape index (κ1) is 10.8. The van der Waals surface area contributed by atoms with Crippen molar-refractivity contribution < 1.29 is 4.79 Å². The van der Waals surface area contributed by atoms with Crippen molar-refractivity contribution >= 4 is 6.29 Å². The van der Waals surface area contributed by atoms with Gasteiger partial charge >= 0.3 is 0 Å². The Bertz CT molecular complexity index is 206. The van der Waals surface area contributed by atoms with Gasteiger partial charge in [0.15, 0.2) is 0 Å². The predicted octanol–water partition coefficient (Wildman–Crippen LogP) is 1.53. The maximum atomic E-state index is 9.38. The molecule has 0 aliphatic heterocycles. The molecule has 0 unspecified atom stereocenters. The summed E-state index contributed by atoms with van der Waals surface area (Å²) in [6.45, 7) is 3.72. The molecule has 2 nitrogen and oxygen atoms in total. The molecule has 0 saturated carbocycles. The minimum absolute atomic E-state index is 0.296. The number of nitrogens with two attached hydrogens (primary N) is 1. The number of benzene rings is 1. The zero-order valence-electron chi connectivity index (χ0n) is 7.53. The first-order valence-corrected chi connectivity index (χ1v) is 3.89. The molecular formula is C10H15NO. The summed E-state index contributed by atoms with van der Waals surface area (Å²) >= 11 is 0. The van der Waals surface area contributed by atoms with Crippen LogP contribution < -0.4 is 5.73 Å². The number of aryl methyl sites for hydroxylation is 1. The average Bonchev–Trinajstić information content (AvgIpc) is 2.07. The molecule has 12 heavy (non-hydrogen) atoms. The molecule has 66 valence electrons. The summed E-state index contributed by atoms with van der Waals surface area (Å²) in [5, 5.41) is 0. The topological polar surface area (TPSA) is 43.1 Å². The van der Waals surface area contributed by atoms with E-state index < -0.39 is 0 Å². The van der Waals surface area contributed by atoms with Crippen LogP contribution in [-0.2, 0) is 4.79 Å². The second-order valence-electron chi connectivity index (χ2n) is 2.65. The zero-order valence-corrected chi connectivity index (χ0v) is 7.53. The van der Waals surface area contributed by atoms with E-state index in [4.69, 9.17) is 5.73 Å². The van der Waals surface area contributed by atoms with Crippen LogP contribution in [0.25, 0.3) is 0 Å². The van der Waals surface area contributed by atoms with E-state index in [1.165, 1.54) is 5.56 Å². The minimum Gasteiger partial charge on any atom is -0.322 e. The van der Waals surface area contributed by atoms with Gasteiger partial charge in [0.05, 0.1) is 6.04 Å². The van der Waals surface area contributed by atoms with Crippen LogP contribution in [-0.4, -0.2) is 12.3 Å². The number of carbonyl (C=O) groups excluding carboxylic acids is 1. The lowest BCUT2D eigenvalue weighted by molar-refractivity contribution is -0.108. The third kappa shape index (κ3) is 6.96. The number of carbonyl (C=O) groups is 1. The average molecular weight is 165 g/mol. The van der Waals surface area contributed by atoms with E-state index in [1.807, 2.05) is 18.2 Å². The van der Waals surface area contributed by atoms with E-state index in [2.05, 4.69) is 19.1 Å². The Kier molecular flexibility index (Phi) is 5.93. The quantitative estimate of drug-likeness (QED) is 0.641. The van der Waals surface area contributed by atoms with Gasteiger partial charge in [-0.25, -0.2) is 0 Å². The molecule has 1 aromatic rings. The van der Waals surface area contributed by atoms with Crippen LogP contribution in [0.5, 0.6) is 0 Å². The van der Waals surface area contributed by atoms with Gasteiger partial charge in [-0.3, -0.25) is 0 Å². The van der Waals surface area contributed by atoms with Crippen molar-refractivity contribution in [3.8, 4) is 0 Å². The molecule has 1 aromatic carbocycles. The van der Waals surface area contributed by atoms with Gasteiger partial charge in [0.25, 0.3) is 0 Å². The Morgan fingerprint density at radius 1 is 1.33 bits per heavy atom. The molecule has 0 amide bonds. The number of aldehydes is 1. The Hall–Kier alpha value is -1.15. The first-order chi connectivity index (χ1) is 5.66. The monoisotopic (exact) mass is 165 g/mol. The highest BCUT2D eigenvalue weighted by Gasteiger charge is 1.79. The largest absolute Gasteiger partial charge is 0.322 e. The van der Waals surface area contributed by atoms with Gasteiger partial charge in [-0.1, -0.05) is 35.9 Å². The third-order valence-electron chi connectivity index (χ3n) is 1.16. The van der Waals surface area contributed by atoms with Crippen molar-refractivity contribution in [2.24, 2.45) is 5.73 Å². The Labute approximate surface area is 73.4 Å². The van der Waals surface area contributed by atoms with Gasteiger partial charge in [-0.05, 0) is 13.8 Å². The van der Waals surface area contributed by atoms with Crippen molar-refractivity contribution in [2.75, 3.05) is 0 Å². The zero-order chi connectivity index (χ0) is 9.40. The molecule has 0 heterocycles. The molecule has 0 saturated heterocycles. The van der Waals surface area contributed by atoms with E-state index in [9.17, 15) is 4.79 Å². The highest BCUT2D eigenvalue weighted by molar-refractivity contribution is 5.55. The summed E-state index contributed by atoms with van der Waals surface area (Å²) in [7, 11) is 0. The Morgan fingerprint density at radius 2 is 1.75 bits per heavy atom. The lowest BCUT2D eigenvalue weighted by Crippen LogP contribution is -2.15. The normalized spacial score (nSPS) is 10.9. The van der Waals surface area contributed by atoms with Crippen LogP contribution in [0.2, 0.25) is 0 Å². The Morgan fingerprint density at radius 3 is 1.92 bits per heavy atom.